The molecular weight excluding hydrogens is 488 g/mol. The van der Waals surface area contributed by atoms with Gasteiger partial charge in [0.15, 0.2) is 0 Å². The number of halogens is 1. The highest BCUT2D eigenvalue weighted by Gasteiger charge is 2.40. The molecule has 0 radical (unpaired) electrons. The first-order valence-corrected chi connectivity index (χ1v) is 11.9. The Morgan fingerprint density at radius 3 is 2.21 bits per heavy atom. The lowest BCUT2D eigenvalue weighted by atomic mass is 9.95. The van der Waals surface area contributed by atoms with Crippen molar-refractivity contribution in [2.45, 2.75) is 20.8 Å². The fourth-order valence-corrected chi connectivity index (χ4v) is 5.82. The first-order valence-electron chi connectivity index (χ1n) is 11.1. The van der Waals surface area contributed by atoms with Crippen LogP contribution >= 0.6 is 15.9 Å². The molecule has 1 aliphatic heterocycles. The Kier molecular flexibility index (Phi) is 4.55. The third-order valence-corrected chi connectivity index (χ3v) is 7.10. The van der Waals surface area contributed by atoms with E-state index in [1.165, 1.54) is 4.90 Å². The van der Waals surface area contributed by atoms with Crippen LogP contribution in [0.1, 0.15) is 37.4 Å². The van der Waals surface area contributed by atoms with Crippen LogP contribution in [0.25, 0.3) is 32.9 Å². The number of para-hydroxylation sites is 1. The van der Waals surface area contributed by atoms with E-state index in [4.69, 9.17) is 0 Å². The molecule has 0 unspecified atom stereocenters. The number of carbonyl (C=O) groups excluding carboxylic acids is 2. The molecule has 0 saturated carbocycles. The van der Waals surface area contributed by atoms with E-state index in [0.29, 0.717) is 16.8 Å². The largest absolute Gasteiger partial charge is 0.354 e. The molecule has 6 rings (SSSR count). The van der Waals surface area contributed by atoms with E-state index < -0.39 is 0 Å². The molecule has 0 fully saturated rings. The fourth-order valence-electron chi connectivity index (χ4n) is 5.37. The molecule has 0 saturated heterocycles. The van der Waals surface area contributed by atoms with Crippen LogP contribution in [0.2, 0.25) is 0 Å². The van der Waals surface area contributed by atoms with Gasteiger partial charge in [0, 0.05) is 26.3 Å². The quantitative estimate of drug-likeness (QED) is 0.251. The maximum absolute atomic E-state index is 13.9. The summed E-state index contributed by atoms with van der Waals surface area (Å²) in [5.41, 5.74) is 8.09. The van der Waals surface area contributed by atoms with Gasteiger partial charge in [-0.3, -0.25) is 9.59 Å². The van der Waals surface area contributed by atoms with Crippen molar-refractivity contribution in [1.82, 2.24) is 4.98 Å². The number of aromatic nitrogens is 1. The Morgan fingerprint density at radius 2 is 1.44 bits per heavy atom. The van der Waals surface area contributed by atoms with Crippen molar-refractivity contribution >= 4 is 55.2 Å². The fraction of sp³-hybridized carbons (Fsp3) is 0.103. The normalized spacial score (nSPS) is 13.4. The number of anilines is 1. The van der Waals surface area contributed by atoms with Crippen molar-refractivity contribution in [3.05, 3.63) is 99.0 Å². The summed E-state index contributed by atoms with van der Waals surface area (Å²) in [5.74, 6) is -0.560. The number of hydrogen-bond acceptors (Lipinski definition) is 2. The van der Waals surface area contributed by atoms with Crippen LogP contribution < -0.4 is 4.90 Å². The SMILES string of the molecule is Cc1cc(C)c(N2C(=O)c3cccc(-c4cc(Br)cc5c4[nH]c4ccccc45)c3C2=O)c(C)c1. The minimum absolute atomic E-state index is 0.278. The number of benzene rings is 4. The van der Waals surface area contributed by atoms with Crippen LogP contribution in [0.15, 0.2) is 71.2 Å². The second-order valence-corrected chi connectivity index (χ2v) is 9.88. The van der Waals surface area contributed by atoms with Crippen molar-refractivity contribution in [2.75, 3.05) is 4.90 Å². The molecule has 4 nitrogen and oxygen atoms in total. The van der Waals surface area contributed by atoms with Crippen LogP contribution in [-0.2, 0) is 0 Å². The molecule has 1 aliphatic rings. The van der Waals surface area contributed by atoms with Gasteiger partial charge in [-0.2, -0.15) is 0 Å². The Labute approximate surface area is 205 Å². The number of H-pyrrole nitrogens is 1. The number of nitrogens with one attached hydrogen (secondary N) is 1. The summed E-state index contributed by atoms with van der Waals surface area (Å²) in [6.45, 7) is 5.91. The first kappa shape index (κ1) is 20.9. The number of nitrogens with zero attached hydrogens (tertiary/aromatic N) is 1. The molecule has 1 aromatic heterocycles. The maximum atomic E-state index is 13.9. The van der Waals surface area contributed by atoms with Crippen molar-refractivity contribution in [3.63, 3.8) is 0 Å². The second kappa shape index (κ2) is 7.40. The van der Waals surface area contributed by atoms with E-state index in [1.807, 2.05) is 69.3 Å². The molecule has 0 bridgehead atoms. The Balaban J connectivity index is 1.61. The third kappa shape index (κ3) is 2.90. The highest BCUT2D eigenvalue weighted by molar-refractivity contribution is 9.10. The van der Waals surface area contributed by atoms with Gasteiger partial charge in [0.1, 0.15) is 0 Å². The third-order valence-electron chi connectivity index (χ3n) is 6.64. The first-order chi connectivity index (χ1) is 16.3. The number of imide groups is 1. The number of carbonyl (C=O) groups is 2. The lowest BCUT2D eigenvalue weighted by Gasteiger charge is -2.20. The van der Waals surface area contributed by atoms with Crippen molar-refractivity contribution in [3.8, 4) is 11.1 Å². The van der Waals surface area contributed by atoms with Gasteiger partial charge in [0.05, 0.1) is 22.3 Å². The van der Waals surface area contributed by atoms with Crippen molar-refractivity contribution in [2.24, 2.45) is 0 Å². The Morgan fingerprint density at radius 1 is 0.735 bits per heavy atom. The average Bonchev–Trinajstić information content (AvgIpc) is 3.29. The summed E-state index contributed by atoms with van der Waals surface area (Å²) in [5, 5.41) is 2.18. The highest BCUT2D eigenvalue weighted by Crippen LogP contribution is 2.42. The summed E-state index contributed by atoms with van der Waals surface area (Å²) in [7, 11) is 0. The molecule has 5 heteroatoms. The number of hydrogen-bond donors (Lipinski definition) is 1. The van der Waals surface area contributed by atoms with Crippen LogP contribution in [0.3, 0.4) is 0 Å². The number of rotatable bonds is 2. The van der Waals surface area contributed by atoms with Crippen LogP contribution in [0.4, 0.5) is 5.69 Å². The Bertz CT molecular complexity index is 1670. The minimum atomic E-state index is -0.283. The minimum Gasteiger partial charge on any atom is -0.354 e. The van der Waals surface area contributed by atoms with E-state index in [9.17, 15) is 9.59 Å². The molecule has 2 heterocycles. The van der Waals surface area contributed by atoms with E-state index >= 15 is 0 Å². The average molecular weight is 509 g/mol. The molecule has 0 atom stereocenters. The van der Waals surface area contributed by atoms with Gasteiger partial charge in [-0.1, -0.05) is 64.0 Å². The summed E-state index contributed by atoms with van der Waals surface area (Å²) in [6, 6.07) is 21.8. The van der Waals surface area contributed by atoms with Gasteiger partial charge < -0.3 is 4.98 Å². The summed E-state index contributed by atoms with van der Waals surface area (Å²) >= 11 is 3.66. The smallest absolute Gasteiger partial charge is 0.266 e. The zero-order chi connectivity index (χ0) is 23.7. The van der Waals surface area contributed by atoms with Crippen molar-refractivity contribution in [1.29, 1.82) is 0 Å². The molecule has 34 heavy (non-hydrogen) atoms. The second-order valence-electron chi connectivity index (χ2n) is 8.97. The van der Waals surface area contributed by atoms with Gasteiger partial charge in [-0.25, -0.2) is 4.90 Å². The predicted molar refractivity (Wildman–Crippen MR) is 141 cm³/mol. The van der Waals surface area contributed by atoms with E-state index in [2.05, 4.69) is 33.0 Å². The molecule has 0 aliphatic carbocycles. The summed E-state index contributed by atoms with van der Waals surface area (Å²) < 4.78 is 0.913. The van der Waals surface area contributed by atoms with Crippen LogP contribution in [0.5, 0.6) is 0 Å². The Hall–Kier alpha value is -3.70. The lowest BCUT2D eigenvalue weighted by molar-refractivity contribution is 0.0926. The van der Waals surface area contributed by atoms with Crippen LogP contribution in [-0.4, -0.2) is 16.8 Å². The monoisotopic (exact) mass is 508 g/mol. The maximum Gasteiger partial charge on any atom is 0.266 e. The lowest BCUT2D eigenvalue weighted by Crippen LogP contribution is -2.31. The molecule has 166 valence electrons. The zero-order valence-corrected chi connectivity index (χ0v) is 20.6. The molecular formula is C29H21BrN2O2. The van der Waals surface area contributed by atoms with Gasteiger partial charge in [0.2, 0.25) is 0 Å². The van der Waals surface area contributed by atoms with Gasteiger partial charge in [-0.05, 0) is 61.7 Å². The van der Waals surface area contributed by atoms with E-state index in [1.54, 1.807) is 6.07 Å². The number of aromatic amines is 1. The summed E-state index contributed by atoms with van der Waals surface area (Å²) in [6.07, 6.45) is 0. The standard InChI is InChI=1S/C29H21BrN2O2/c1-15-11-16(2)27(17(3)12-15)32-28(33)21-9-6-8-20(25(21)29(32)34)23-14-18(30)13-22-19-7-4-5-10-24(19)31-26(22)23/h4-14,31H,1-3H3. The number of fused-ring (bicyclic) bond motifs is 4. The van der Waals surface area contributed by atoms with Gasteiger partial charge in [-0.15, -0.1) is 0 Å². The van der Waals surface area contributed by atoms with Gasteiger partial charge >= 0.3 is 0 Å². The van der Waals surface area contributed by atoms with E-state index in [-0.39, 0.29) is 11.8 Å². The molecule has 4 aromatic carbocycles. The summed E-state index contributed by atoms with van der Waals surface area (Å²) in [4.78, 5) is 32.3. The highest BCUT2D eigenvalue weighted by atomic mass is 79.9. The van der Waals surface area contributed by atoms with E-state index in [0.717, 1.165) is 54.1 Å². The van der Waals surface area contributed by atoms with Crippen molar-refractivity contribution < 1.29 is 9.59 Å². The molecule has 1 N–H and O–H groups in total. The van der Waals surface area contributed by atoms with Gasteiger partial charge in [0.25, 0.3) is 11.8 Å². The zero-order valence-electron chi connectivity index (χ0n) is 19.0. The van der Waals surface area contributed by atoms with Crippen LogP contribution in [0, 0.1) is 20.8 Å². The molecule has 0 spiro atoms. The molecule has 2 amide bonds. The topological polar surface area (TPSA) is 53.2 Å². The number of aryl methyl sites for hydroxylation is 3. The molecule has 5 aromatic rings. The predicted octanol–water partition coefficient (Wildman–Crippen LogP) is 7.48. The number of amides is 2.